The zero-order valence-corrected chi connectivity index (χ0v) is 18.2. The molecule has 2 N–H and O–H groups in total. The van der Waals surface area contributed by atoms with E-state index in [-0.39, 0.29) is 0 Å². The van der Waals surface area contributed by atoms with Crippen molar-refractivity contribution in [2.45, 2.75) is 91.9 Å². The van der Waals surface area contributed by atoms with E-state index in [9.17, 15) is 0 Å². The molecule has 0 spiro atoms. The van der Waals surface area contributed by atoms with E-state index in [0.717, 1.165) is 29.2 Å². The maximum absolute atomic E-state index is 5.77. The van der Waals surface area contributed by atoms with Crippen molar-refractivity contribution in [3.8, 4) is 5.75 Å². The van der Waals surface area contributed by atoms with E-state index >= 15 is 0 Å². The molecule has 0 heterocycles. The van der Waals surface area contributed by atoms with Crippen LogP contribution < -0.4 is 10.5 Å². The fourth-order valence-electron chi connectivity index (χ4n) is 4.06. The molecule has 3 rings (SSSR count). The molecule has 0 radical (unpaired) electrons. The van der Waals surface area contributed by atoms with Gasteiger partial charge in [-0.05, 0) is 48.1 Å². The van der Waals surface area contributed by atoms with Crippen LogP contribution in [0.1, 0.15) is 97.5 Å². The number of methoxy groups -OCH3 is 1. The Kier molecular flexibility index (Phi) is 10.8. The molecule has 0 atom stereocenters. The fraction of sp³-hybridized carbons (Fsp3) is 0.750. The number of ether oxygens (including phenoxy) is 1. The smallest absolute Gasteiger partial charge is 0.124 e. The average Bonchev–Trinajstić information content (AvgIpc) is 2.67. The summed E-state index contributed by atoms with van der Waals surface area (Å²) in [5, 5.41) is 0. The SMILES string of the molecule is CC.CC1CCC(C)CC1.COc1cc(N)ccc1C1CCC(C)CC1. The van der Waals surface area contributed by atoms with Gasteiger partial charge in [-0.1, -0.05) is 79.2 Å². The predicted octanol–water partition coefficient (Wildman–Crippen LogP) is 7.43. The molecule has 2 aliphatic rings. The van der Waals surface area contributed by atoms with E-state index in [4.69, 9.17) is 10.5 Å². The van der Waals surface area contributed by atoms with E-state index in [0.29, 0.717) is 5.92 Å². The third-order valence-electron chi connectivity index (χ3n) is 6.02. The summed E-state index contributed by atoms with van der Waals surface area (Å²) < 4.78 is 5.43. The van der Waals surface area contributed by atoms with Gasteiger partial charge < -0.3 is 10.5 Å². The lowest BCUT2D eigenvalue weighted by molar-refractivity contribution is 0.308. The van der Waals surface area contributed by atoms with Crippen LogP contribution in [-0.4, -0.2) is 7.11 Å². The molecule has 0 saturated heterocycles. The van der Waals surface area contributed by atoms with Gasteiger partial charge in [-0.2, -0.15) is 0 Å². The van der Waals surface area contributed by atoms with Crippen LogP contribution >= 0.6 is 0 Å². The van der Waals surface area contributed by atoms with Crippen molar-refractivity contribution in [2.24, 2.45) is 17.8 Å². The highest BCUT2D eigenvalue weighted by molar-refractivity contribution is 5.49. The Morgan fingerprint density at radius 3 is 1.62 bits per heavy atom. The number of nitrogen functional groups attached to an aromatic ring is 1. The van der Waals surface area contributed by atoms with Gasteiger partial charge in [-0.25, -0.2) is 0 Å². The molecule has 26 heavy (non-hydrogen) atoms. The normalized spacial score (nSPS) is 28.1. The molecule has 1 aromatic rings. The molecule has 0 aliphatic heterocycles. The van der Waals surface area contributed by atoms with Gasteiger partial charge in [0.05, 0.1) is 7.11 Å². The minimum absolute atomic E-state index is 0.659. The number of rotatable bonds is 2. The molecule has 0 unspecified atom stereocenters. The number of hydrogen-bond donors (Lipinski definition) is 1. The van der Waals surface area contributed by atoms with Crippen molar-refractivity contribution in [1.82, 2.24) is 0 Å². The van der Waals surface area contributed by atoms with Crippen LogP contribution in [0.5, 0.6) is 5.75 Å². The van der Waals surface area contributed by atoms with Crippen LogP contribution in [0.2, 0.25) is 0 Å². The summed E-state index contributed by atoms with van der Waals surface area (Å²) in [5.74, 6) is 4.54. The lowest BCUT2D eigenvalue weighted by atomic mass is 9.79. The molecule has 2 aliphatic carbocycles. The highest BCUT2D eigenvalue weighted by atomic mass is 16.5. The van der Waals surface area contributed by atoms with Crippen molar-refractivity contribution in [1.29, 1.82) is 0 Å². The predicted molar refractivity (Wildman–Crippen MR) is 116 cm³/mol. The van der Waals surface area contributed by atoms with E-state index in [1.54, 1.807) is 7.11 Å². The molecule has 2 fully saturated rings. The molecular formula is C24H43NO. The quantitative estimate of drug-likeness (QED) is 0.556. The summed E-state index contributed by atoms with van der Waals surface area (Å²) in [4.78, 5) is 0. The molecule has 1 aromatic carbocycles. The standard InChI is InChI=1S/C14H21NO.C8H16.C2H6/c1-10-3-5-11(6-4-10)13-8-7-12(15)9-14(13)16-2;1-7-3-5-8(2)6-4-7;1-2/h7-11H,3-6,15H2,1-2H3;7-8H,3-6H2,1-2H3;1-2H3. The molecule has 2 heteroatoms. The van der Waals surface area contributed by atoms with Crippen molar-refractivity contribution in [3.63, 3.8) is 0 Å². The fourth-order valence-corrected chi connectivity index (χ4v) is 4.06. The summed E-state index contributed by atoms with van der Waals surface area (Å²) in [6.45, 7) is 11.1. The monoisotopic (exact) mass is 361 g/mol. The minimum atomic E-state index is 0.659. The first kappa shape index (κ1) is 22.9. The van der Waals surface area contributed by atoms with Gasteiger partial charge in [0.2, 0.25) is 0 Å². The Morgan fingerprint density at radius 2 is 1.19 bits per heavy atom. The molecule has 150 valence electrons. The summed E-state index contributed by atoms with van der Waals surface area (Å²) in [6.07, 6.45) is 11.1. The minimum Gasteiger partial charge on any atom is -0.496 e. The number of anilines is 1. The van der Waals surface area contributed by atoms with Crippen LogP contribution in [0.4, 0.5) is 5.69 Å². The molecule has 0 aromatic heterocycles. The second-order valence-electron chi connectivity index (χ2n) is 8.32. The maximum Gasteiger partial charge on any atom is 0.124 e. The largest absolute Gasteiger partial charge is 0.496 e. The summed E-state index contributed by atoms with van der Waals surface area (Å²) in [5.41, 5.74) is 7.89. The summed E-state index contributed by atoms with van der Waals surface area (Å²) >= 11 is 0. The summed E-state index contributed by atoms with van der Waals surface area (Å²) in [7, 11) is 1.73. The molecule has 2 saturated carbocycles. The van der Waals surface area contributed by atoms with Gasteiger partial charge in [0.1, 0.15) is 5.75 Å². The second kappa shape index (κ2) is 12.3. The highest BCUT2D eigenvalue weighted by Gasteiger charge is 2.22. The van der Waals surface area contributed by atoms with Gasteiger partial charge in [-0.15, -0.1) is 0 Å². The number of hydrogen-bond acceptors (Lipinski definition) is 2. The van der Waals surface area contributed by atoms with E-state index in [2.05, 4.69) is 26.8 Å². The average molecular weight is 362 g/mol. The molecule has 0 amide bonds. The Bertz CT molecular complexity index is 473. The zero-order chi connectivity index (χ0) is 19.5. The van der Waals surface area contributed by atoms with Crippen LogP contribution in [0, 0.1) is 17.8 Å². The number of benzene rings is 1. The summed E-state index contributed by atoms with van der Waals surface area (Å²) in [6, 6.07) is 6.05. The first-order valence-electron chi connectivity index (χ1n) is 10.9. The van der Waals surface area contributed by atoms with E-state index < -0.39 is 0 Å². The van der Waals surface area contributed by atoms with Crippen LogP contribution in [-0.2, 0) is 0 Å². The van der Waals surface area contributed by atoms with Crippen LogP contribution in [0.15, 0.2) is 18.2 Å². The zero-order valence-electron chi connectivity index (χ0n) is 18.2. The van der Waals surface area contributed by atoms with Crippen LogP contribution in [0.3, 0.4) is 0 Å². The van der Waals surface area contributed by atoms with Crippen molar-refractivity contribution in [3.05, 3.63) is 23.8 Å². The van der Waals surface area contributed by atoms with Crippen molar-refractivity contribution in [2.75, 3.05) is 12.8 Å². The number of nitrogens with two attached hydrogens (primary N) is 1. The van der Waals surface area contributed by atoms with Gasteiger partial charge in [0, 0.05) is 11.8 Å². The third kappa shape index (κ3) is 7.60. The lowest BCUT2D eigenvalue weighted by Gasteiger charge is -2.27. The molecular weight excluding hydrogens is 318 g/mol. The van der Waals surface area contributed by atoms with E-state index in [1.807, 2.05) is 26.0 Å². The Balaban J connectivity index is 0.000000284. The van der Waals surface area contributed by atoms with Gasteiger partial charge in [0.15, 0.2) is 0 Å². The lowest BCUT2D eigenvalue weighted by Crippen LogP contribution is -2.11. The van der Waals surface area contributed by atoms with Gasteiger partial charge >= 0.3 is 0 Å². The van der Waals surface area contributed by atoms with Crippen molar-refractivity contribution < 1.29 is 4.74 Å². The van der Waals surface area contributed by atoms with Gasteiger partial charge in [0.25, 0.3) is 0 Å². The molecule has 0 bridgehead atoms. The Morgan fingerprint density at radius 1 is 0.769 bits per heavy atom. The van der Waals surface area contributed by atoms with E-state index in [1.165, 1.54) is 56.9 Å². The maximum atomic E-state index is 5.77. The Hall–Kier alpha value is -1.18. The Labute approximate surface area is 162 Å². The third-order valence-corrected chi connectivity index (χ3v) is 6.02. The first-order valence-corrected chi connectivity index (χ1v) is 10.9. The molecule has 2 nitrogen and oxygen atoms in total. The van der Waals surface area contributed by atoms with Crippen LogP contribution in [0.25, 0.3) is 0 Å². The highest BCUT2D eigenvalue weighted by Crippen LogP contribution is 2.39. The first-order chi connectivity index (χ1) is 12.5. The van der Waals surface area contributed by atoms with Crippen molar-refractivity contribution >= 4 is 5.69 Å². The second-order valence-corrected chi connectivity index (χ2v) is 8.32. The van der Waals surface area contributed by atoms with Gasteiger partial charge in [-0.3, -0.25) is 0 Å². The topological polar surface area (TPSA) is 35.2 Å².